The van der Waals surface area contributed by atoms with Gasteiger partial charge in [-0.25, -0.2) is 5.90 Å². The number of hydrogen-bond acceptors (Lipinski definition) is 3. The molecule has 0 fully saturated rings. The molecule has 0 bridgehead atoms. The molecule has 15 heavy (non-hydrogen) atoms. The number of benzene rings is 1. The van der Waals surface area contributed by atoms with E-state index in [0.29, 0.717) is 18.7 Å². The van der Waals surface area contributed by atoms with Crippen LogP contribution in [0, 0.1) is 0 Å². The first-order valence-electron chi connectivity index (χ1n) is 4.48. The lowest BCUT2D eigenvalue weighted by molar-refractivity contribution is 0.0696. The molecule has 82 valence electrons. The molecule has 1 rings (SSSR count). The molecule has 5 heteroatoms. The predicted octanol–water partition coefficient (Wildman–Crippen LogP) is 1.41. The van der Waals surface area contributed by atoms with Gasteiger partial charge in [0.1, 0.15) is 0 Å². The van der Waals surface area contributed by atoms with Gasteiger partial charge in [-0.2, -0.15) is 0 Å². The minimum absolute atomic E-state index is 0.0560. The van der Waals surface area contributed by atoms with E-state index >= 15 is 0 Å². The van der Waals surface area contributed by atoms with E-state index in [2.05, 4.69) is 20.8 Å². The average Bonchev–Trinajstić information content (AvgIpc) is 2.25. The van der Waals surface area contributed by atoms with E-state index in [1.54, 1.807) is 18.0 Å². The molecule has 0 aliphatic heterocycles. The van der Waals surface area contributed by atoms with Crippen LogP contribution in [-0.4, -0.2) is 31.0 Å². The van der Waals surface area contributed by atoms with Gasteiger partial charge in [0, 0.05) is 18.1 Å². The number of rotatable bonds is 4. The molecule has 0 saturated carbocycles. The Hall–Kier alpha value is -0.910. The molecule has 0 saturated heterocycles. The van der Waals surface area contributed by atoms with E-state index in [1.165, 1.54) is 0 Å². The summed E-state index contributed by atoms with van der Waals surface area (Å²) >= 11 is 3.33. The number of nitrogens with two attached hydrogens (primary N) is 1. The fourth-order valence-electron chi connectivity index (χ4n) is 1.13. The van der Waals surface area contributed by atoms with E-state index in [0.717, 1.165) is 4.47 Å². The quantitative estimate of drug-likeness (QED) is 0.844. The second-order valence-electron chi connectivity index (χ2n) is 3.08. The van der Waals surface area contributed by atoms with Crippen LogP contribution in [-0.2, 0) is 4.84 Å². The monoisotopic (exact) mass is 272 g/mol. The Morgan fingerprint density at radius 3 is 2.80 bits per heavy atom. The van der Waals surface area contributed by atoms with Crippen molar-refractivity contribution in [2.24, 2.45) is 5.90 Å². The van der Waals surface area contributed by atoms with Crippen molar-refractivity contribution in [3.8, 4) is 0 Å². The number of halogens is 1. The number of amides is 1. The molecule has 0 spiro atoms. The van der Waals surface area contributed by atoms with E-state index < -0.39 is 0 Å². The van der Waals surface area contributed by atoms with Crippen molar-refractivity contribution in [2.75, 3.05) is 20.2 Å². The van der Waals surface area contributed by atoms with Crippen LogP contribution in [0.1, 0.15) is 10.4 Å². The van der Waals surface area contributed by atoms with Crippen LogP contribution in [0.15, 0.2) is 28.7 Å². The van der Waals surface area contributed by atoms with Gasteiger partial charge >= 0.3 is 0 Å². The van der Waals surface area contributed by atoms with Crippen LogP contribution >= 0.6 is 15.9 Å². The average molecular weight is 273 g/mol. The number of nitrogens with zero attached hydrogens (tertiary/aromatic N) is 1. The molecule has 0 aliphatic rings. The van der Waals surface area contributed by atoms with Gasteiger partial charge in [0.2, 0.25) is 0 Å². The standard InChI is InChI=1S/C10H13BrN2O2/c1-13(6-7-15-12)10(14)8-4-2-3-5-9(8)11/h2-5H,6-7,12H2,1H3. The summed E-state index contributed by atoms with van der Waals surface area (Å²) in [6.07, 6.45) is 0. The van der Waals surface area contributed by atoms with E-state index in [-0.39, 0.29) is 5.91 Å². The smallest absolute Gasteiger partial charge is 0.254 e. The van der Waals surface area contributed by atoms with Crippen LogP contribution in [0.3, 0.4) is 0 Å². The summed E-state index contributed by atoms with van der Waals surface area (Å²) < 4.78 is 0.788. The van der Waals surface area contributed by atoms with Crippen molar-refractivity contribution in [2.45, 2.75) is 0 Å². The van der Waals surface area contributed by atoms with Crippen molar-refractivity contribution in [1.82, 2.24) is 4.90 Å². The molecule has 2 N–H and O–H groups in total. The Balaban J connectivity index is 2.72. The number of likely N-dealkylation sites (N-methyl/N-ethyl adjacent to an activating group) is 1. The third kappa shape index (κ3) is 3.30. The first-order chi connectivity index (χ1) is 7.16. The topological polar surface area (TPSA) is 55.6 Å². The van der Waals surface area contributed by atoms with Crippen LogP contribution in [0.5, 0.6) is 0 Å². The summed E-state index contributed by atoms with van der Waals surface area (Å²) in [5.41, 5.74) is 0.636. The maximum absolute atomic E-state index is 11.9. The fourth-order valence-corrected chi connectivity index (χ4v) is 1.59. The number of carbonyl (C=O) groups is 1. The molecule has 0 unspecified atom stereocenters. The van der Waals surface area contributed by atoms with Crippen molar-refractivity contribution in [1.29, 1.82) is 0 Å². The van der Waals surface area contributed by atoms with Crippen LogP contribution in [0.25, 0.3) is 0 Å². The highest BCUT2D eigenvalue weighted by atomic mass is 79.9. The van der Waals surface area contributed by atoms with Gasteiger partial charge in [0.25, 0.3) is 5.91 Å². The highest BCUT2D eigenvalue weighted by molar-refractivity contribution is 9.10. The normalized spacial score (nSPS) is 10.1. The zero-order valence-electron chi connectivity index (χ0n) is 8.44. The Morgan fingerprint density at radius 1 is 1.53 bits per heavy atom. The Labute approximate surface area is 97.1 Å². The molecule has 0 atom stereocenters. The van der Waals surface area contributed by atoms with Crippen molar-refractivity contribution in [3.63, 3.8) is 0 Å². The van der Waals surface area contributed by atoms with Crippen molar-refractivity contribution < 1.29 is 9.63 Å². The number of carbonyl (C=O) groups excluding carboxylic acids is 1. The van der Waals surface area contributed by atoms with Crippen molar-refractivity contribution >= 4 is 21.8 Å². The second kappa shape index (κ2) is 5.85. The highest BCUT2D eigenvalue weighted by Crippen LogP contribution is 2.17. The van der Waals surface area contributed by atoms with E-state index in [4.69, 9.17) is 5.90 Å². The summed E-state index contributed by atoms with van der Waals surface area (Å²) in [6.45, 7) is 0.795. The molecule has 1 aromatic carbocycles. The molecule has 4 nitrogen and oxygen atoms in total. The first-order valence-corrected chi connectivity index (χ1v) is 5.27. The summed E-state index contributed by atoms with van der Waals surface area (Å²) in [6, 6.07) is 7.29. The van der Waals surface area contributed by atoms with Crippen LogP contribution in [0.4, 0.5) is 0 Å². The van der Waals surface area contributed by atoms with Gasteiger partial charge in [-0.1, -0.05) is 12.1 Å². The molecule has 1 amide bonds. The predicted molar refractivity (Wildman–Crippen MR) is 61.2 cm³/mol. The lowest BCUT2D eigenvalue weighted by Gasteiger charge is -2.16. The van der Waals surface area contributed by atoms with E-state index in [1.807, 2.05) is 18.2 Å². The molecule has 0 heterocycles. The van der Waals surface area contributed by atoms with Gasteiger partial charge in [0.05, 0.1) is 12.2 Å². The summed E-state index contributed by atoms with van der Waals surface area (Å²) in [4.78, 5) is 17.9. The fraction of sp³-hybridized carbons (Fsp3) is 0.300. The lowest BCUT2D eigenvalue weighted by atomic mass is 10.2. The molecule has 1 aromatic rings. The zero-order valence-corrected chi connectivity index (χ0v) is 10.0. The van der Waals surface area contributed by atoms with Crippen LogP contribution < -0.4 is 5.90 Å². The molecular formula is C10H13BrN2O2. The maximum atomic E-state index is 11.9. The van der Waals surface area contributed by atoms with Gasteiger partial charge < -0.3 is 9.74 Å². The van der Waals surface area contributed by atoms with Crippen LogP contribution in [0.2, 0.25) is 0 Å². The Kier molecular flexibility index (Phi) is 4.74. The zero-order chi connectivity index (χ0) is 11.3. The Bertz CT molecular complexity index is 344. The van der Waals surface area contributed by atoms with Gasteiger partial charge in [-0.15, -0.1) is 0 Å². The molecular weight excluding hydrogens is 260 g/mol. The van der Waals surface area contributed by atoms with Gasteiger partial charge in [-0.3, -0.25) is 4.79 Å². The second-order valence-corrected chi connectivity index (χ2v) is 3.93. The minimum Gasteiger partial charge on any atom is -0.339 e. The molecule has 0 aromatic heterocycles. The highest BCUT2D eigenvalue weighted by Gasteiger charge is 2.13. The third-order valence-corrected chi connectivity index (χ3v) is 2.69. The number of hydrogen-bond donors (Lipinski definition) is 1. The summed E-state index contributed by atoms with van der Waals surface area (Å²) in [5.74, 6) is 4.84. The summed E-state index contributed by atoms with van der Waals surface area (Å²) in [5, 5.41) is 0. The lowest BCUT2D eigenvalue weighted by Crippen LogP contribution is -2.31. The molecule has 0 aliphatic carbocycles. The van der Waals surface area contributed by atoms with E-state index in [9.17, 15) is 4.79 Å². The largest absolute Gasteiger partial charge is 0.339 e. The Morgan fingerprint density at radius 2 is 2.20 bits per heavy atom. The maximum Gasteiger partial charge on any atom is 0.254 e. The SMILES string of the molecule is CN(CCON)C(=O)c1ccccc1Br. The first kappa shape index (κ1) is 12.2. The summed E-state index contributed by atoms with van der Waals surface area (Å²) in [7, 11) is 1.71. The third-order valence-electron chi connectivity index (χ3n) is 2.00. The minimum atomic E-state index is -0.0560. The van der Waals surface area contributed by atoms with Gasteiger partial charge in [0.15, 0.2) is 0 Å². The van der Waals surface area contributed by atoms with Crippen molar-refractivity contribution in [3.05, 3.63) is 34.3 Å². The molecule has 0 radical (unpaired) electrons. The van der Waals surface area contributed by atoms with Gasteiger partial charge in [-0.05, 0) is 28.1 Å².